The lowest BCUT2D eigenvalue weighted by Gasteiger charge is -2.11. The summed E-state index contributed by atoms with van der Waals surface area (Å²) in [7, 11) is 0. The number of hydrogen-bond donors (Lipinski definition) is 1. The molecule has 162 valence electrons. The number of aryl methyl sites for hydroxylation is 2. The van der Waals surface area contributed by atoms with Crippen LogP contribution in [0.5, 0.6) is 0 Å². The Hall–Kier alpha value is -3.52. The van der Waals surface area contributed by atoms with Crippen molar-refractivity contribution in [3.63, 3.8) is 0 Å². The van der Waals surface area contributed by atoms with E-state index in [-0.39, 0.29) is 11.8 Å². The molecule has 0 aliphatic rings. The van der Waals surface area contributed by atoms with Crippen molar-refractivity contribution in [2.24, 2.45) is 0 Å². The summed E-state index contributed by atoms with van der Waals surface area (Å²) in [5, 5.41) is 7.24. The molecule has 1 amide bonds. The Kier molecular flexibility index (Phi) is 6.32. The maximum atomic E-state index is 13.1. The maximum Gasteiger partial charge on any atom is 0.251 e. The zero-order chi connectivity index (χ0) is 22.7. The van der Waals surface area contributed by atoms with E-state index in [9.17, 15) is 4.79 Å². The molecule has 3 aromatic heterocycles. The minimum Gasteiger partial charge on any atom is -0.346 e. The van der Waals surface area contributed by atoms with Gasteiger partial charge in [0, 0.05) is 23.5 Å². The third-order valence-corrected chi connectivity index (χ3v) is 5.78. The van der Waals surface area contributed by atoms with Crippen LogP contribution in [0.15, 0.2) is 48.9 Å². The van der Waals surface area contributed by atoms with E-state index >= 15 is 0 Å². The van der Waals surface area contributed by atoms with Gasteiger partial charge in [0.25, 0.3) is 5.91 Å². The van der Waals surface area contributed by atoms with Gasteiger partial charge in [0.15, 0.2) is 0 Å². The standard InChI is InChI=1S/C24H24N6OS/c1-14(2)22-23(32-30-29-22)18-7-17(21-6-5-15(3)10-27-21)8-19(9-18)24(31)28-13-20-12-25-16(4)11-26-20/h5-12,14H,13H2,1-4H3,(H,28,31). The Morgan fingerprint density at radius 1 is 1.00 bits per heavy atom. The fourth-order valence-corrected chi connectivity index (χ4v) is 4.04. The Bertz CT molecular complexity index is 1230. The fraction of sp³-hybridized carbons (Fsp3) is 0.250. The summed E-state index contributed by atoms with van der Waals surface area (Å²) >= 11 is 1.34. The number of carbonyl (C=O) groups is 1. The van der Waals surface area contributed by atoms with Crippen molar-refractivity contribution >= 4 is 17.4 Å². The van der Waals surface area contributed by atoms with Crippen molar-refractivity contribution in [1.82, 2.24) is 29.9 Å². The van der Waals surface area contributed by atoms with Crippen LogP contribution >= 0.6 is 11.5 Å². The molecule has 3 heterocycles. The Labute approximate surface area is 191 Å². The average molecular weight is 445 g/mol. The molecule has 1 aromatic carbocycles. The van der Waals surface area contributed by atoms with Gasteiger partial charge in [0.2, 0.25) is 0 Å². The van der Waals surface area contributed by atoms with Gasteiger partial charge in [0.05, 0.1) is 40.4 Å². The van der Waals surface area contributed by atoms with Crippen LogP contribution in [0.3, 0.4) is 0 Å². The van der Waals surface area contributed by atoms with E-state index in [0.717, 1.165) is 38.6 Å². The number of amides is 1. The molecule has 0 saturated carbocycles. The third kappa shape index (κ3) is 4.86. The largest absolute Gasteiger partial charge is 0.346 e. The first-order valence-corrected chi connectivity index (χ1v) is 11.1. The highest BCUT2D eigenvalue weighted by Gasteiger charge is 2.18. The number of carbonyl (C=O) groups excluding carboxylic acids is 1. The van der Waals surface area contributed by atoms with Crippen LogP contribution in [-0.4, -0.2) is 30.4 Å². The molecule has 0 aliphatic carbocycles. The summed E-state index contributed by atoms with van der Waals surface area (Å²) < 4.78 is 4.15. The minimum atomic E-state index is -0.189. The minimum absolute atomic E-state index is 0.189. The summed E-state index contributed by atoms with van der Waals surface area (Å²) in [5.74, 6) is 0.0356. The zero-order valence-corrected chi connectivity index (χ0v) is 19.3. The second-order valence-electron chi connectivity index (χ2n) is 7.99. The van der Waals surface area contributed by atoms with Crippen molar-refractivity contribution in [1.29, 1.82) is 0 Å². The van der Waals surface area contributed by atoms with Gasteiger partial charge in [-0.15, -0.1) is 5.10 Å². The molecule has 32 heavy (non-hydrogen) atoms. The highest BCUT2D eigenvalue weighted by molar-refractivity contribution is 7.09. The molecule has 0 spiro atoms. The Morgan fingerprint density at radius 2 is 1.81 bits per heavy atom. The van der Waals surface area contributed by atoms with Gasteiger partial charge in [-0.2, -0.15) is 0 Å². The molecule has 0 saturated heterocycles. The van der Waals surface area contributed by atoms with Crippen molar-refractivity contribution in [2.45, 2.75) is 40.2 Å². The molecule has 7 nitrogen and oxygen atoms in total. The molecule has 0 atom stereocenters. The van der Waals surface area contributed by atoms with Crippen LogP contribution < -0.4 is 5.32 Å². The SMILES string of the molecule is Cc1ccc(-c2cc(C(=O)NCc3cnc(C)cn3)cc(-c3snnc3C(C)C)c2)nc1. The van der Waals surface area contributed by atoms with Crippen LogP contribution in [0.1, 0.15) is 52.8 Å². The van der Waals surface area contributed by atoms with E-state index in [1.54, 1.807) is 12.4 Å². The number of nitrogens with zero attached hydrogens (tertiary/aromatic N) is 5. The molecule has 4 aromatic rings. The first-order chi connectivity index (χ1) is 15.4. The number of rotatable bonds is 6. The topological polar surface area (TPSA) is 93.6 Å². The average Bonchev–Trinajstić information content (AvgIpc) is 3.29. The number of hydrogen-bond acceptors (Lipinski definition) is 7. The molecule has 0 fully saturated rings. The van der Waals surface area contributed by atoms with Gasteiger partial charge in [-0.25, -0.2) is 0 Å². The fourth-order valence-electron chi connectivity index (χ4n) is 3.24. The first-order valence-electron chi connectivity index (χ1n) is 10.4. The third-order valence-electron chi connectivity index (χ3n) is 4.99. The van der Waals surface area contributed by atoms with Gasteiger partial charge >= 0.3 is 0 Å². The lowest BCUT2D eigenvalue weighted by atomic mass is 9.98. The van der Waals surface area contributed by atoms with Crippen molar-refractivity contribution in [2.75, 3.05) is 0 Å². The van der Waals surface area contributed by atoms with E-state index in [2.05, 4.69) is 43.7 Å². The molecule has 8 heteroatoms. The van der Waals surface area contributed by atoms with Gasteiger partial charge in [-0.3, -0.25) is 19.7 Å². The highest BCUT2D eigenvalue weighted by atomic mass is 32.1. The quantitative estimate of drug-likeness (QED) is 0.462. The zero-order valence-electron chi connectivity index (χ0n) is 18.5. The van der Waals surface area contributed by atoms with Crippen molar-refractivity contribution < 1.29 is 4.79 Å². The number of benzene rings is 1. The number of pyridine rings is 1. The molecule has 0 unspecified atom stereocenters. The Balaban J connectivity index is 1.71. The molecular weight excluding hydrogens is 420 g/mol. The van der Waals surface area contributed by atoms with Gasteiger partial charge in [-0.05, 0) is 66.7 Å². The molecule has 1 N–H and O–H groups in total. The monoisotopic (exact) mass is 444 g/mol. The molecule has 0 radical (unpaired) electrons. The number of nitrogens with one attached hydrogen (secondary N) is 1. The number of aromatic nitrogens is 5. The summed E-state index contributed by atoms with van der Waals surface area (Å²) in [6.45, 7) is 8.34. The lowest BCUT2D eigenvalue weighted by molar-refractivity contribution is 0.0950. The summed E-state index contributed by atoms with van der Waals surface area (Å²) in [6.07, 6.45) is 5.19. The van der Waals surface area contributed by atoms with Crippen molar-refractivity contribution in [3.05, 3.63) is 77.1 Å². The summed E-state index contributed by atoms with van der Waals surface area (Å²) in [6, 6.07) is 9.77. The van der Waals surface area contributed by atoms with Gasteiger partial charge in [-0.1, -0.05) is 24.4 Å². The smallest absolute Gasteiger partial charge is 0.251 e. The van der Waals surface area contributed by atoms with Crippen molar-refractivity contribution in [3.8, 4) is 21.7 Å². The van der Waals surface area contributed by atoms with Crippen LogP contribution in [0.4, 0.5) is 0 Å². The van der Waals surface area contributed by atoms with Crippen LogP contribution in [-0.2, 0) is 6.54 Å². The van der Waals surface area contributed by atoms with Crippen LogP contribution in [0.25, 0.3) is 21.7 Å². The summed E-state index contributed by atoms with van der Waals surface area (Å²) in [5.41, 5.74) is 6.66. The van der Waals surface area contributed by atoms with Crippen LogP contribution in [0.2, 0.25) is 0 Å². The predicted molar refractivity (Wildman–Crippen MR) is 125 cm³/mol. The second-order valence-corrected chi connectivity index (χ2v) is 8.75. The Morgan fingerprint density at radius 3 is 2.50 bits per heavy atom. The maximum absolute atomic E-state index is 13.1. The summed E-state index contributed by atoms with van der Waals surface area (Å²) in [4.78, 5) is 27.1. The first kappa shape index (κ1) is 21.7. The van der Waals surface area contributed by atoms with Crippen LogP contribution in [0, 0.1) is 13.8 Å². The molecule has 0 aliphatic heterocycles. The normalized spacial score (nSPS) is 11.0. The van der Waals surface area contributed by atoms with Gasteiger partial charge in [0.1, 0.15) is 0 Å². The molecule has 0 bridgehead atoms. The van der Waals surface area contributed by atoms with Gasteiger partial charge < -0.3 is 5.32 Å². The van der Waals surface area contributed by atoms with E-state index in [1.165, 1.54) is 11.5 Å². The van der Waals surface area contributed by atoms with E-state index in [4.69, 9.17) is 0 Å². The lowest BCUT2D eigenvalue weighted by Crippen LogP contribution is -2.23. The molecule has 4 rings (SSSR count). The predicted octanol–water partition coefficient (Wildman–Crippen LogP) is 4.73. The molecular formula is C24H24N6OS. The second kappa shape index (κ2) is 9.32. The van der Waals surface area contributed by atoms with E-state index in [1.807, 2.05) is 50.4 Å². The highest BCUT2D eigenvalue weighted by Crippen LogP contribution is 2.34. The van der Waals surface area contributed by atoms with E-state index in [0.29, 0.717) is 17.8 Å². The van der Waals surface area contributed by atoms with E-state index < -0.39 is 0 Å².